The van der Waals surface area contributed by atoms with Crippen molar-refractivity contribution in [2.24, 2.45) is 35.5 Å². The van der Waals surface area contributed by atoms with Gasteiger partial charge in [-0.25, -0.2) is 0 Å². The standard InChI is InChI=1S/C55H54N2/c1-3-13-35(14-4-1)51-45-19-7-8-20-46(45)52(36-15-5-2-6-16-36)55-48-29-28-43(44-21-12-22-47(53(44)48)54(51)55)41-27-26-39-31-38(24-25-40(39)32-41)37-17-11-18-42(33-37)49-34-57-30-10-9-23-50(57)56-49/h1-3,5,7-9,11-13,15,17-23,26-29,31,40,42,44,49-50,53-56H,4,6,10,14,16,24-25,30,32-34H2. The molecule has 2 heteroatoms. The number of fused-ring (bicyclic) bond motifs is 6. The number of allylic oxidation sites excluding steroid dienone is 25. The minimum absolute atomic E-state index is 0.385. The van der Waals surface area contributed by atoms with E-state index in [9.17, 15) is 0 Å². The van der Waals surface area contributed by atoms with Gasteiger partial charge in [-0.2, -0.15) is 0 Å². The van der Waals surface area contributed by atoms with Gasteiger partial charge in [-0.1, -0.05) is 151 Å². The summed E-state index contributed by atoms with van der Waals surface area (Å²) in [4.78, 5) is 2.63. The second-order valence-corrected chi connectivity index (χ2v) is 18.3. The zero-order valence-corrected chi connectivity index (χ0v) is 33.1. The number of nitrogens with one attached hydrogen (secondary N) is 1. The van der Waals surface area contributed by atoms with E-state index in [-0.39, 0.29) is 0 Å². The number of benzene rings is 1. The van der Waals surface area contributed by atoms with Gasteiger partial charge in [-0.15, -0.1) is 0 Å². The Hall–Kier alpha value is -4.76. The van der Waals surface area contributed by atoms with Gasteiger partial charge in [0.05, 0.1) is 6.17 Å². The molecule has 2 aliphatic heterocycles. The van der Waals surface area contributed by atoms with Gasteiger partial charge in [0.2, 0.25) is 0 Å². The van der Waals surface area contributed by atoms with Gasteiger partial charge in [0.25, 0.3) is 0 Å². The highest BCUT2D eigenvalue weighted by atomic mass is 15.3. The average Bonchev–Trinajstić information content (AvgIpc) is 3.87. The lowest BCUT2D eigenvalue weighted by Crippen LogP contribution is -2.40. The number of nitrogens with zero attached hydrogens (tertiary/aromatic N) is 1. The predicted molar refractivity (Wildman–Crippen MR) is 236 cm³/mol. The molecule has 1 N–H and O–H groups in total. The fourth-order valence-corrected chi connectivity index (χ4v) is 12.8. The highest BCUT2D eigenvalue weighted by Crippen LogP contribution is 2.62. The van der Waals surface area contributed by atoms with Crippen molar-refractivity contribution in [1.29, 1.82) is 0 Å². The fourth-order valence-electron chi connectivity index (χ4n) is 12.8. The summed E-state index contributed by atoms with van der Waals surface area (Å²) in [5.74, 6) is 2.77. The van der Waals surface area contributed by atoms with Crippen molar-refractivity contribution < 1.29 is 0 Å². The Morgan fingerprint density at radius 1 is 0.579 bits per heavy atom. The summed E-state index contributed by atoms with van der Waals surface area (Å²) in [6, 6.07) is 9.96. The van der Waals surface area contributed by atoms with Crippen LogP contribution in [-0.2, 0) is 0 Å². The maximum absolute atomic E-state index is 3.94. The Morgan fingerprint density at radius 2 is 1.33 bits per heavy atom. The van der Waals surface area contributed by atoms with E-state index in [2.05, 4.69) is 150 Å². The fraction of sp³-hybridized carbons (Fsp3) is 0.345. The topological polar surface area (TPSA) is 15.3 Å². The van der Waals surface area contributed by atoms with Gasteiger partial charge in [0, 0.05) is 42.8 Å². The van der Waals surface area contributed by atoms with Gasteiger partial charge >= 0.3 is 0 Å². The van der Waals surface area contributed by atoms with E-state index in [1.807, 2.05) is 0 Å². The van der Waals surface area contributed by atoms with E-state index >= 15 is 0 Å². The Balaban J connectivity index is 0.873. The van der Waals surface area contributed by atoms with Crippen molar-refractivity contribution in [3.63, 3.8) is 0 Å². The van der Waals surface area contributed by atoms with Crippen LogP contribution in [0.2, 0.25) is 0 Å². The highest BCUT2D eigenvalue weighted by molar-refractivity contribution is 5.85. The van der Waals surface area contributed by atoms with E-state index in [0.29, 0.717) is 47.7 Å². The molecule has 57 heavy (non-hydrogen) atoms. The van der Waals surface area contributed by atoms with Gasteiger partial charge in [0.1, 0.15) is 0 Å². The molecule has 11 aliphatic rings. The molecule has 0 radical (unpaired) electrons. The van der Waals surface area contributed by atoms with Crippen molar-refractivity contribution >= 4 is 11.1 Å². The van der Waals surface area contributed by atoms with Crippen LogP contribution in [0, 0.1) is 35.5 Å². The molecule has 1 aromatic rings. The second-order valence-electron chi connectivity index (χ2n) is 18.3. The van der Waals surface area contributed by atoms with Crippen LogP contribution < -0.4 is 15.8 Å². The van der Waals surface area contributed by atoms with E-state index in [0.717, 1.165) is 45.1 Å². The zero-order valence-electron chi connectivity index (χ0n) is 33.1. The van der Waals surface area contributed by atoms with E-state index in [1.54, 1.807) is 61.3 Å². The van der Waals surface area contributed by atoms with Crippen LogP contribution in [0.15, 0.2) is 190 Å². The molecule has 8 atom stereocenters. The van der Waals surface area contributed by atoms with Crippen molar-refractivity contribution in [3.8, 4) is 0 Å². The summed E-state index contributed by atoms with van der Waals surface area (Å²) in [6.45, 7) is 2.35. The van der Waals surface area contributed by atoms with Crippen molar-refractivity contribution in [3.05, 3.63) is 200 Å². The minimum atomic E-state index is 0.385. The first-order chi connectivity index (χ1) is 28.3. The lowest BCUT2D eigenvalue weighted by Gasteiger charge is -2.36. The summed E-state index contributed by atoms with van der Waals surface area (Å²) in [6.07, 6.45) is 57.3. The minimum Gasteiger partial charge on any atom is -0.294 e. The second kappa shape index (κ2) is 14.0. The molecular weight excluding hydrogens is 689 g/mol. The number of hydrogen-bond donors (Lipinski definition) is 1. The summed E-state index contributed by atoms with van der Waals surface area (Å²) < 4.78 is 0. The van der Waals surface area contributed by atoms with Crippen LogP contribution in [-0.4, -0.2) is 30.2 Å². The third-order valence-corrected chi connectivity index (χ3v) is 15.4. The molecule has 0 bridgehead atoms. The Morgan fingerprint density at radius 3 is 2.09 bits per heavy atom. The van der Waals surface area contributed by atoms with Crippen LogP contribution in [0.5, 0.6) is 0 Å². The lowest BCUT2D eigenvalue weighted by molar-refractivity contribution is 0.272. The van der Waals surface area contributed by atoms with Crippen LogP contribution in [0.4, 0.5) is 0 Å². The monoisotopic (exact) mass is 742 g/mol. The summed E-state index contributed by atoms with van der Waals surface area (Å²) >= 11 is 0. The Bertz CT molecular complexity index is 2520. The maximum Gasteiger partial charge on any atom is 0.0792 e. The molecule has 1 aromatic carbocycles. The largest absolute Gasteiger partial charge is 0.294 e. The van der Waals surface area contributed by atoms with Crippen LogP contribution >= 0.6 is 0 Å². The molecule has 2 nitrogen and oxygen atoms in total. The first-order valence-electron chi connectivity index (χ1n) is 22.3. The molecule has 9 aliphatic carbocycles. The molecule has 2 fully saturated rings. The van der Waals surface area contributed by atoms with Gasteiger partial charge < -0.3 is 0 Å². The van der Waals surface area contributed by atoms with E-state index in [4.69, 9.17) is 0 Å². The van der Waals surface area contributed by atoms with Crippen LogP contribution in [0.1, 0.15) is 57.8 Å². The molecule has 0 aromatic heterocycles. The van der Waals surface area contributed by atoms with Crippen molar-refractivity contribution in [2.75, 3.05) is 13.1 Å². The quantitative estimate of drug-likeness (QED) is 0.302. The van der Waals surface area contributed by atoms with E-state index < -0.39 is 0 Å². The maximum atomic E-state index is 3.94. The van der Waals surface area contributed by atoms with Crippen molar-refractivity contribution in [2.45, 2.75) is 70.0 Å². The predicted octanol–water partition coefficient (Wildman–Crippen LogP) is 10.1. The summed E-state index contributed by atoms with van der Waals surface area (Å²) in [5.41, 5.74) is 17.4. The smallest absolute Gasteiger partial charge is 0.0792 e. The number of rotatable bonds is 5. The van der Waals surface area contributed by atoms with Gasteiger partial charge in [0.15, 0.2) is 0 Å². The Labute approximate surface area is 339 Å². The molecule has 8 unspecified atom stereocenters. The average molecular weight is 743 g/mol. The molecule has 0 spiro atoms. The molecular formula is C55H54N2. The third kappa shape index (κ3) is 5.65. The first kappa shape index (κ1) is 34.3. The molecule has 2 heterocycles. The normalized spacial score (nSPS) is 34.6. The molecule has 1 saturated heterocycles. The third-order valence-electron chi connectivity index (χ3n) is 15.4. The molecule has 12 rings (SSSR count). The SMILES string of the molecule is C1=CCCC(C2=c3ccccc3=C(C3=CC=CCC3)C3C4=CC=C(C5=CC=C6C=C(C7=CC=CC(C8CN9CCC=CC9N8)C7)CCC6C5)C5C=CC=C(C45)C23)=C1. The van der Waals surface area contributed by atoms with E-state index in [1.165, 1.54) is 36.2 Å². The summed E-state index contributed by atoms with van der Waals surface area (Å²) in [5, 5.41) is 6.89. The van der Waals surface area contributed by atoms with Crippen LogP contribution in [0.3, 0.4) is 0 Å². The van der Waals surface area contributed by atoms with Gasteiger partial charge in [-0.05, 0) is 130 Å². The van der Waals surface area contributed by atoms with Crippen molar-refractivity contribution in [1.82, 2.24) is 10.2 Å². The first-order valence-corrected chi connectivity index (χ1v) is 22.3. The Kier molecular flexibility index (Phi) is 8.40. The molecule has 284 valence electrons. The summed E-state index contributed by atoms with van der Waals surface area (Å²) in [7, 11) is 0. The zero-order chi connectivity index (χ0) is 37.5. The number of hydrogen-bond acceptors (Lipinski definition) is 2. The highest BCUT2D eigenvalue weighted by Gasteiger charge is 2.52. The lowest BCUT2D eigenvalue weighted by atomic mass is 9.68. The molecule has 0 amide bonds. The van der Waals surface area contributed by atoms with Gasteiger partial charge in [-0.3, -0.25) is 10.2 Å². The van der Waals surface area contributed by atoms with Crippen LogP contribution in [0.25, 0.3) is 11.1 Å². The molecule has 1 saturated carbocycles.